The van der Waals surface area contributed by atoms with Gasteiger partial charge >= 0.3 is 0 Å². The number of aromatic nitrogens is 2. The van der Waals surface area contributed by atoms with E-state index >= 15 is 0 Å². The third-order valence-electron chi connectivity index (χ3n) is 6.82. The van der Waals surface area contributed by atoms with Crippen LogP contribution in [0.2, 0.25) is 0 Å². The van der Waals surface area contributed by atoms with Gasteiger partial charge in [0.2, 0.25) is 0 Å². The number of carbonyl (C=O) groups is 1. The normalized spacial score (nSPS) is 17.4. The number of pyridine rings is 1. The second-order valence-electron chi connectivity index (χ2n) is 9.38. The molecule has 0 radical (unpaired) electrons. The highest BCUT2D eigenvalue weighted by atomic mass is 19.1. The Kier molecular flexibility index (Phi) is 8.54. The molecular formula is C29H35FN6O2. The highest BCUT2D eigenvalue weighted by molar-refractivity contribution is 5.95. The van der Waals surface area contributed by atoms with Gasteiger partial charge in [0.25, 0.3) is 5.91 Å². The van der Waals surface area contributed by atoms with E-state index in [0.29, 0.717) is 36.6 Å². The number of hydrogen-bond donors (Lipinski definition) is 2. The molecule has 1 aliphatic rings. The number of nitrogens with zero attached hydrogens (tertiary/aromatic N) is 4. The maximum atomic E-state index is 14.6. The fourth-order valence-corrected chi connectivity index (χ4v) is 4.50. The molecule has 2 aromatic heterocycles. The number of benzene rings is 1. The fourth-order valence-electron chi connectivity index (χ4n) is 4.50. The van der Waals surface area contributed by atoms with Crippen LogP contribution in [-0.4, -0.2) is 84.9 Å². The van der Waals surface area contributed by atoms with Gasteiger partial charge in [-0.05, 0) is 56.6 Å². The minimum absolute atomic E-state index is 0.0624. The van der Waals surface area contributed by atoms with Gasteiger partial charge in [0, 0.05) is 37.8 Å². The molecule has 8 nitrogen and oxygen atoms in total. The Bertz CT molecular complexity index is 1370. The Morgan fingerprint density at radius 1 is 1.37 bits per heavy atom. The van der Waals surface area contributed by atoms with Crippen molar-refractivity contribution >= 4 is 29.0 Å². The number of methoxy groups -OCH3 is 1. The first-order valence-electron chi connectivity index (χ1n) is 12.8. The number of likely N-dealkylation sites (tertiary alicyclic amines) is 1. The average Bonchev–Trinajstić information content (AvgIpc) is 3.30. The van der Waals surface area contributed by atoms with Crippen LogP contribution < -0.4 is 15.4 Å². The zero-order valence-electron chi connectivity index (χ0n) is 22.4. The lowest BCUT2D eigenvalue weighted by Gasteiger charge is -2.33. The maximum Gasteiger partial charge on any atom is 0.253 e. The number of halogens is 1. The van der Waals surface area contributed by atoms with Crippen LogP contribution in [0.25, 0.3) is 11.6 Å². The van der Waals surface area contributed by atoms with Crippen molar-refractivity contribution in [2.24, 2.45) is 0 Å². The molecule has 200 valence electrons. The molecule has 3 aromatic rings. The van der Waals surface area contributed by atoms with E-state index in [4.69, 9.17) is 9.84 Å². The third-order valence-corrected chi connectivity index (χ3v) is 6.82. The Labute approximate surface area is 223 Å². The first-order valence-corrected chi connectivity index (χ1v) is 12.8. The van der Waals surface area contributed by atoms with Gasteiger partial charge < -0.3 is 25.2 Å². The second kappa shape index (κ2) is 12.0. The summed E-state index contributed by atoms with van der Waals surface area (Å²) in [7, 11) is 5.27. The summed E-state index contributed by atoms with van der Waals surface area (Å²) in [5.74, 6) is 7.48. The van der Waals surface area contributed by atoms with E-state index in [2.05, 4.69) is 29.1 Å². The summed E-state index contributed by atoms with van der Waals surface area (Å²) >= 11 is 0. The number of alkyl halides is 1. The van der Waals surface area contributed by atoms with Crippen molar-refractivity contribution in [2.45, 2.75) is 25.6 Å². The van der Waals surface area contributed by atoms with Crippen molar-refractivity contribution in [2.75, 3.05) is 58.0 Å². The minimum Gasteiger partial charge on any atom is -0.495 e. The van der Waals surface area contributed by atoms with Crippen LogP contribution in [0.4, 0.5) is 15.9 Å². The molecule has 1 aromatic carbocycles. The van der Waals surface area contributed by atoms with Gasteiger partial charge in [0.15, 0.2) is 0 Å². The molecule has 1 amide bonds. The zero-order valence-corrected chi connectivity index (χ0v) is 22.4. The number of nitrogens with one attached hydrogen (secondary N) is 2. The van der Waals surface area contributed by atoms with Crippen molar-refractivity contribution in [1.82, 2.24) is 19.4 Å². The fraction of sp³-hybridized carbons (Fsp3) is 0.379. The van der Waals surface area contributed by atoms with Crippen molar-refractivity contribution in [1.29, 1.82) is 0 Å². The number of piperidine rings is 1. The molecule has 0 bridgehead atoms. The number of hydrogen-bond acceptors (Lipinski definition) is 6. The van der Waals surface area contributed by atoms with E-state index in [-0.39, 0.29) is 11.9 Å². The summed E-state index contributed by atoms with van der Waals surface area (Å²) in [6.07, 6.45) is 1.50. The number of ether oxygens (including phenoxy) is 1. The maximum absolute atomic E-state index is 14.6. The van der Waals surface area contributed by atoms with Crippen LogP contribution in [0.1, 0.15) is 35.0 Å². The van der Waals surface area contributed by atoms with Crippen LogP contribution in [-0.2, 0) is 0 Å². The Balaban J connectivity index is 1.51. The van der Waals surface area contributed by atoms with Crippen molar-refractivity contribution in [3.63, 3.8) is 0 Å². The van der Waals surface area contributed by atoms with Gasteiger partial charge in [-0.1, -0.05) is 24.6 Å². The lowest BCUT2D eigenvalue weighted by molar-refractivity contribution is 0.0802. The lowest BCUT2D eigenvalue weighted by atomic mass is 10.0. The quantitative estimate of drug-likeness (QED) is 0.440. The summed E-state index contributed by atoms with van der Waals surface area (Å²) in [4.78, 5) is 16.1. The molecule has 0 spiro atoms. The number of amides is 1. The monoisotopic (exact) mass is 518 g/mol. The largest absolute Gasteiger partial charge is 0.495 e. The van der Waals surface area contributed by atoms with Gasteiger partial charge in [-0.15, -0.1) is 0 Å². The van der Waals surface area contributed by atoms with Crippen LogP contribution in [0.15, 0.2) is 43.0 Å². The predicted octanol–water partition coefficient (Wildman–Crippen LogP) is 4.00. The average molecular weight is 519 g/mol. The van der Waals surface area contributed by atoms with Crippen LogP contribution in [0, 0.1) is 11.8 Å². The molecule has 0 unspecified atom stereocenters. The summed E-state index contributed by atoms with van der Waals surface area (Å²) in [6.45, 7) is 8.09. The molecule has 9 heteroatoms. The molecular weight excluding hydrogens is 483 g/mol. The highest BCUT2D eigenvalue weighted by Gasteiger charge is 2.28. The molecule has 38 heavy (non-hydrogen) atoms. The molecule has 2 N–H and O–H groups in total. The molecule has 0 saturated carbocycles. The van der Waals surface area contributed by atoms with Crippen LogP contribution in [0.3, 0.4) is 0 Å². The zero-order chi connectivity index (χ0) is 27.2. The van der Waals surface area contributed by atoms with Gasteiger partial charge in [0.05, 0.1) is 30.9 Å². The number of fused-ring (bicyclic) bond motifs is 1. The van der Waals surface area contributed by atoms with Gasteiger partial charge in [0.1, 0.15) is 23.4 Å². The van der Waals surface area contributed by atoms with Crippen LogP contribution in [0.5, 0.6) is 5.75 Å². The standard InChI is InChI=1S/C29H35FN6O2/c1-6-21-23(10-9-16-31-25-14-13-20(18-27(25)38-5)29(37)35(4)7-2)33-36-26(21)11-8-12-28(36)32-24-15-17-34(3)19-22(24)30/h6,8,11-14,18,22,24,31-32H,1,7,15-17,19H2,2-5H3/t22-,24+/m0/s1. The summed E-state index contributed by atoms with van der Waals surface area (Å²) < 4.78 is 21.9. The molecule has 4 rings (SSSR count). The summed E-state index contributed by atoms with van der Waals surface area (Å²) in [6, 6.07) is 10.8. The number of carbonyl (C=O) groups excluding carboxylic acids is 1. The number of rotatable bonds is 8. The lowest BCUT2D eigenvalue weighted by Crippen LogP contribution is -2.46. The van der Waals surface area contributed by atoms with E-state index in [1.165, 1.54) is 0 Å². The molecule has 2 atom stereocenters. The third kappa shape index (κ3) is 5.76. The summed E-state index contributed by atoms with van der Waals surface area (Å²) in [5.41, 5.74) is 3.56. The molecule has 0 aliphatic carbocycles. The first-order chi connectivity index (χ1) is 18.4. The van der Waals surface area contributed by atoms with Crippen molar-refractivity contribution in [3.05, 3.63) is 59.8 Å². The Hall–Kier alpha value is -4.03. The molecule has 1 saturated heterocycles. The van der Waals surface area contributed by atoms with E-state index in [1.807, 2.05) is 43.1 Å². The first kappa shape index (κ1) is 27.0. The van der Waals surface area contributed by atoms with E-state index < -0.39 is 6.17 Å². The molecule has 1 fully saturated rings. The predicted molar refractivity (Wildman–Crippen MR) is 151 cm³/mol. The smallest absolute Gasteiger partial charge is 0.253 e. The second-order valence-corrected chi connectivity index (χ2v) is 9.38. The molecule has 3 heterocycles. The van der Waals surface area contributed by atoms with Crippen molar-refractivity contribution < 1.29 is 13.9 Å². The van der Waals surface area contributed by atoms with Gasteiger partial charge in [-0.2, -0.15) is 5.10 Å². The molecule has 1 aliphatic heterocycles. The van der Waals surface area contributed by atoms with E-state index in [9.17, 15) is 9.18 Å². The minimum atomic E-state index is -0.958. The van der Waals surface area contributed by atoms with E-state index in [1.54, 1.807) is 41.8 Å². The van der Waals surface area contributed by atoms with Crippen LogP contribution >= 0.6 is 0 Å². The summed E-state index contributed by atoms with van der Waals surface area (Å²) in [5, 5.41) is 11.3. The SMILES string of the molecule is C=Cc1c(C#CCNc2ccc(C(=O)N(C)CC)cc2OC)nn2c(N[C@@H]3CCN(C)C[C@@H]3F)cccc12. The van der Waals surface area contributed by atoms with E-state index in [0.717, 1.165) is 35.6 Å². The Morgan fingerprint density at radius 3 is 2.89 bits per heavy atom. The number of anilines is 2. The van der Waals surface area contributed by atoms with Gasteiger partial charge in [-0.3, -0.25) is 4.79 Å². The highest BCUT2D eigenvalue weighted by Crippen LogP contribution is 2.26. The van der Waals surface area contributed by atoms with Crippen molar-refractivity contribution in [3.8, 4) is 17.6 Å². The topological polar surface area (TPSA) is 74.1 Å². The van der Waals surface area contributed by atoms with Gasteiger partial charge in [-0.25, -0.2) is 8.91 Å². The Morgan fingerprint density at radius 2 is 2.18 bits per heavy atom.